The number of Topliss-reactive ketones (excluding diaryl/α,β-unsaturated/α-hetero) is 1. The van der Waals surface area contributed by atoms with E-state index in [4.69, 9.17) is 11.6 Å². The van der Waals surface area contributed by atoms with Crippen molar-refractivity contribution >= 4 is 34.4 Å². The summed E-state index contributed by atoms with van der Waals surface area (Å²) >= 11 is 5.84. The van der Waals surface area contributed by atoms with Gasteiger partial charge >= 0.3 is 0 Å². The van der Waals surface area contributed by atoms with Crippen LogP contribution in [0.2, 0.25) is 5.02 Å². The summed E-state index contributed by atoms with van der Waals surface area (Å²) in [4.78, 5) is 16.7. The van der Waals surface area contributed by atoms with E-state index in [1.165, 1.54) is 5.56 Å². The quantitative estimate of drug-likeness (QED) is 0.475. The number of aromatic nitrogens is 2. The van der Waals surface area contributed by atoms with Crippen molar-refractivity contribution in [3.8, 4) is 11.3 Å². The Labute approximate surface area is 156 Å². The largest absolute Gasteiger partial charge is 0.290 e. The lowest BCUT2D eigenvalue weighted by atomic mass is 10.1. The summed E-state index contributed by atoms with van der Waals surface area (Å²) in [6, 6.07) is 17.0. The van der Waals surface area contributed by atoms with Crippen molar-refractivity contribution in [3.63, 3.8) is 0 Å². The molecule has 0 bridgehead atoms. The number of ketones is 1. The predicted octanol–water partition coefficient (Wildman–Crippen LogP) is 4.46. The molecule has 0 aliphatic heterocycles. The van der Waals surface area contributed by atoms with Gasteiger partial charge in [0, 0.05) is 22.2 Å². The third-order valence-corrected chi connectivity index (χ3v) is 3.86. The molecule has 1 heterocycles. The van der Waals surface area contributed by atoms with Gasteiger partial charge in [-0.1, -0.05) is 41.4 Å². The van der Waals surface area contributed by atoms with Crippen LogP contribution in [0, 0.1) is 6.92 Å². The first kappa shape index (κ1) is 18.3. The van der Waals surface area contributed by atoms with Crippen LogP contribution in [0.25, 0.3) is 11.3 Å². The van der Waals surface area contributed by atoms with Gasteiger partial charge in [0.1, 0.15) is 0 Å². The monoisotopic (exact) mass is 403 g/mol. The summed E-state index contributed by atoms with van der Waals surface area (Å²) in [5.74, 6) is 0.0246. The van der Waals surface area contributed by atoms with Gasteiger partial charge in [-0.2, -0.15) is 0 Å². The van der Waals surface area contributed by atoms with E-state index < -0.39 is 0 Å². The summed E-state index contributed by atoms with van der Waals surface area (Å²) in [6.45, 7) is 2.31. The van der Waals surface area contributed by atoms with Crippen molar-refractivity contribution in [2.24, 2.45) is 0 Å². The molecule has 0 radical (unpaired) electrons. The molecule has 0 amide bonds. The molecule has 0 saturated heterocycles. The second kappa shape index (κ2) is 8.18. The van der Waals surface area contributed by atoms with Crippen molar-refractivity contribution in [1.29, 1.82) is 0 Å². The zero-order chi connectivity index (χ0) is 16.2. The van der Waals surface area contributed by atoms with E-state index in [9.17, 15) is 4.79 Å². The maximum Gasteiger partial charge on any atom is 0.287 e. The fourth-order valence-corrected chi connectivity index (χ4v) is 2.39. The van der Waals surface area contributed by atoms with Gasteiger partial charge in [0.05, 0.1) is 6.20 Å². The highest BCUT2D eigenvalue weighted by molar-refractivity contribution is 8.93. The van der Waals surface area contributed by atoms with Crippen molar-refractivity contribution in [2.75, 3.05) is 0 Å². The van der Waals surface area contributed by atoms with Crippen molar-refractivity contribution in [2.45, 2.75) is 13.5 Å². The SMILES string of the molecule is Br.Cc1ccc(-c2cc[n+](CC(=O)c3ccc(Cl)cc3)cn2)cc1. The Kier molecular flexibility index (Phi) is 6.23. The first-order chi connectivity index (χ1) is 11.1. The molecule has 24 heavy (non-hydrogen) atoms. The lowest BCUT2D eigenvalue weighted by Crippen LogP contribution is -2.37. The van der Waals surface area contributed by atoms with Crippen molar-refractivity contribution < 1.29 is 9.36 Å². The zero-order valence-corrected chi connectivity index (χ0v) is 15.6. The number of halogens is 2. The second-order valence-corrected chi connectivity index (χ2v) is 5.85. The van der Waals surface area contributed by atoms with Crippen LogP contribution in [-0.2, 0) is 6.54 Å². The van der Waals surface area contributed by atoms with Crippen LogP contribution in [-0.4, -0.2) is 10.8 Å². The van der Waals surface area contributed by atoms with Crippen molar-refractivity contribution in [3.05, 3.63) is 83.3 Å². The van der Waals surface area contributed by atoms with Gasteiger partial charge in [0.25, 0.3) is 6.33 Å². The highest BCUT2D eigenvalue weighted by Crippen LogP contribution is 2.15. The van der Waals surface area contributed by atoms with Crippen LogP contribution in [0.3, 0.4) is 0 Å². The fraction of sp³-hybridized carbons (Fsp3) is 0.105. The van der Waals surface area contributed by atoms with E-state index in [-0.39, 0.29) is 29.3 Å². The highest BCUT2D eigenvalue weighted by atomic mass is 79.9. The van der Waals surface area contributed by atoms with Crippen LogP contribution in [0.5, 0.6) is 0 Å². The number of carbonyl (C=O) groups is 1. The Morgan fingerprint density at radius 1 is 1.04 bits per heavy atom. The molecule has 5 heteroatoms. The minimum atomic E-state index is 0. The van der Waals surface area contributed by atoms with Crippen LogP contribution < -0.4 is 4.57 Å². The van der Waals surface area contributed by atoms with Crippen LogP contribution >= 0.6 is 28.6 Å². The smallest absolute Gasteiger partial charge is 0.287 e. The van der Waals surface area contributed by atoms with Gasteiger partial charge in [-0.25, -0.2) is 4.57 Å². The Morgan fingerprint density at radius 2 is 1.71 bits per heavy atom. The summed E-state index contributed by atoms with van der Waals surface area (Å²) < 4.78 is 1.77. The molecule has 3 aromatic rings. The Hall–Kier alpha value is -2.04. The number of nitrogens with zero attached hydrogens (tertiary/aromatic N) is 2. The molecule has 3 nitrogen and oxygen atoms in total. The fourth-order valence-electron chi connectivity index (χ4n) is 2.27. The Bertz CT molecular complexity index is 815. The standard InChI is InChI=1S/C19H16ClN2O.BrH/c1-14-2-4-15(5-3-14)18-10-11-22(13-21-18)12-19(23)16-6-8-17(20)9-7-16;/h2-11,13H,12H2,1H3;1H/q+1;. The third-order valence-electron chi connectivity index (χ3n) is 3.61. The van der Waals surface area contributed by atoms with E-state index in [0.717, 1.165) is 11.3 Å². The van der Waals surface area contributed by atoms with Gasteiger partial charge in [-0.05, 0) is 36.2 Å². The molecule has 0 N–H and O–H groups in total. The number of hydrogen-bond acceptors (Lipinski definition) is 2. The lowest BCUT2D eigenvalue weighted by Gasteiger charge is -2.01. The molecule has 122 valence electrons. The molecular weight excluding hydrogens is 388 g/mol. The summed E-state index contributed by atoms with van der Waals surface area (Å²) in [7, 11) is 0. The molecule has 0 unspecified atom stereocenters. The molecule has 3 rings (SSSR count). The van der Waals surface area contributed by atoms with Gasteiger partial charge in [-0.15, -0.1) is 17.0 Å². The maximum absolute atomic E-state index is 12.2. The lowest BCUT2D eigenvalue weighted by molar-refractivity contribution is -0.686. The van der Waals surface area contributed by atoms with E-state index in [1.807, 2.05) is 24.4 Å². The molecule has 0 aliphatic rings. The number of benzene rings is 2. The number of aryl methyl sites for hydroxylation is 1. The highest BCUT2D eigenvalue weighted by Gasteiger charge is 2.11. The van der Waals surface area contributed by atoms with E-state index in [2.05, 4.69) is 24.0 Å². The predicted molar refractivity (Wildman–Crippen MR) is 101 cm³/mol. The second-order valence-electron chi connectivity index (χ2n) is 5.41. The average Bonchev–Trinajstić information content (AvgIpc) is 2.57. The Morgan fingerprint density at radius 3 is 2.29 bits per heavy atom. The Balaban J connectivity index is 0.00000208. The molecule has 0 atom stereocenters. The minimum absolute atomic E-state index is 0. The first-order valence-electron chi connectivity index (χ1n) is 7.33. The number of hydrogen-bond donors (Lipinski definition) is 0. The summed E-state index contributed by atoms with van der Waals surface area (Å²) in [5, 5.41) is 0.623. The zero-order valence-electron chi connectivity index (χ0n) is 13.1. The maximum atomic E-state index is 12.2. The summed E-state index contributed by atoms with van der Waals surface area (Å²) in [5.41, 5.74) is 3.81. The normalized spacial score (nSPS) is 10.1. The van der Waals surface area contributed by atoms with E-state index in [1.54, 1.807) is 35.2 Å². The molecule has 0 fully saturated rings. The van der Waals surface area contributed by atoms with Gasteiger partial charge in [0.2, 0.25) is 5.78 Å². The topological polar surface area (TPSA) is 33.8 Å². The van der Waals surface area contributed by atoms with Crippen LogP contribution in [0.1, 0.15) is 15.9 Å². The van der Waals surface area contributed by atoms with Gasteiger partial charge in [0.15, 0.2) is 12.2 Å². The number of rotatable bonds is 4. The third kappa shape index (κ3) is 4.49. The molecule has 0 aliphatic carbocycles. The molecule has 1 aromatic heterocycles. The number of carbonyl (C=O) groups excluding carboxylic acids is 1. The summed E-state index contributed by atoms with van der Waals surface area (Å²) in [6.07, 6.45) is 3.55. The van der Waals surface area contributed by atoms with Gasteiger partial charge < -0.3 is 0 Å². The minimum Gasteiger partial charge on any atom is -0.290 e. The van der Waals surface area contributed by atoms with E-state index >= 15 is 0 Å². The first-order valence-corrected chi connectivity index (χ1v) is 7.70. The molecule has 0 spiro atoms. The molecular formula is C19H17BrClN2O+. The van der Waals surface area contributed by atoms with Crippen molar-refractivity contribution in [1.82, 2.24) is 4.98 Å². The molecule has 0 saturated carbocycles. The van der Waals surface area contributed by atoms with Gasteiger partial charge in [-0.3, -0.25) is 4.79 Å². The average molecular weight is 405 g/mol. The molecule has 2 aromatic carbocycles. The van der Waals surface area contributed by atoms with E-state index in [0.29, 0.717) is 10.6 Å². The van der Waals surface area contributed by atoms with Crippen LogP contribution in [0.4, 0.5) is 0 Å². The van der Waals surface area contributed by atoms with Crippen LogP contribution in [0.15, 0.2) is 67.1 Å².